The highest BCUT2D eigenvalue weighted by atomic mass is 19.4. The van der Waals surface area contributed by atoms with Crippen LogP contribution in [0, 0.1) is 0 Å². The van der Waals surface area contributed by atoms with Crippen LogP contribution in [0.5, 0.6) is 11.5 Å². The number of halogens is 3. The molecule has 2 amide bonds. The summed E-state index contributed by atoms with van der Waals surface area (Å²) in [5.41, 5.74) is 0.434. The minimum Gasteiger partial charge on any atom is -0.493 e. The number of hydrogen-bond donors (Lipinski definition) is 0. The van der Waals surface area contributed by atoms with E-state index >= 15 is 0 Å². The van der Waals surface area contributed by atoms with E-state index in [-0.39, 0.29) is 25.1 Å². The van der Waals surface area contributed by atoms with E-state index < -0.39 is 36.0 Å². The molecule has 2 aromatic rings. The van der Waals surface area contributed by atoms with Crippen molar-refractivity contribution in [2.45, 2.75) is 45.1 Å². The summed E-state index contributed by atoms with van der Waals surface area (Å²) in [5, 5.41) is 0. The summed E-state index contributed by atoms with van der Waals surface area (Å²) in [7, 11) is 4.11. The number of benzene rings is 2. The van der Waals surface area contributed by atoms with E-state index in [0.29, 0.717) is 22.7 Å². The molecule has 1 heterocycles. The normalized spacial score (nSPS) is 17.2. The van der Waals surface area contributed by atoms with Crippen molar-refractivity contribution in [3.05, 3.63) is 53.1 Å². The highest BCUT2D eigenvalue weighted by Crippen LogP contribution is 2.46. The van der Waals surface area contributed by atoms with E-state index in [1.54, 1.807) is 26.0 Å². The third-order valence-electron chi connectivity index (χ3n) is 6.01. The number of rotatable bonds is 6. The average Bonchev–Trinajstić information content (AvgIpc) is 2.85. The summed E-state index contributed by atoms with van der Waals surface area (Å²) in [4.78, 5) is 28.6. The zero-order chi connectivity index (χ0) is 26.6. The third kappa shape index (κ3) is 5.44. The molecule has 0 radical (unpaired) electrons. The molecule has 196 valence electrons. The van der Waals surface area contributed by atoms with Gasteiger partial charge in [0.15, 0.2) is 11.5 Å². The monoisotopic (exact) mass is 510 g/mol. The second-order valence-electron chi connectivity index (χ2n) is 8.23. The summed E-state index contributed by atoms with van der Waals surface area (Å²) >= 11 is 0. The van der Waals surface area contributed by atoms with Gasteiger partial charge in [-0.1, -0.05) is 12.1 Å². The molecule has 0 saturated carbocycles. The number of nitrogens with zero attached hydrogens (tertiary/aromatic N) is 2. The van der Waals surface area contributed by atoms with E-state index in [9.17, 15) is 22.8 Å². The zero-order valence-electron chi connectivity index (χ0n) is 20.7. The second kappa shape index (κ2) is 11.0. The van der Waals surface area contributed by atoms with E-state index in [0.717, 1.165) is 12.1 Å². The number of alkyl halides is 3. The smallest absolute Gasteiger partial charge is 0.416 e. The van der Waals surface area contributed by atoms with Gasteiger partial charge >= 0.3 is 18.4 Å². The van der Waals surface area contributed by atoms with Crippen LogP contribution < -0.4 is 14.4 Å². The molecule has 3 rings (SSSR count). The fraction of sp³-hybridized carbons (Fsp3) is 0.440. The minimum absolute atomic E-state index is 0.152. The molecule has 0 spiro atoms. The number of amides is 2. The van der Waals surface area contributed by atoms with Crippen LogP contribution in [0.15, 0.2) is 36.4 Å². The lowest BCUT2D eigenvalue weighted by molar-refractivity contribution is -0.137. The van der Waals surface area contributed by atoms with Gasteiger partial charge in [-0.15, -0.1) is 0 Å². The molecule has 1 aliphatic heterocycles. The molecule has 0 saturated heterocycles. The Morgan fingerprint density at radius 1 is 1.08 bits per heavy atom. The van der Waals surface area contributed by atoms with Gasteiger partial charge in [-0.05, 0) is 44.0 Å². The molecule has 0 bridgehead atoms. The lowest BCUT2D eigenvalue weighted by Crippen LogP contribution is -2.47. The maximum Gasteiger partial charge on any atom is 0.416 e. The van der Waals surface area contributed by atoms with Gasteiger partial charge in [0.25, 0.3) is 0 Å². The molecular formula is C25H29F3N2O6. The maximum atomic E-state index is 13.3. The Morgan fingerprint density at radius 2 is 1.75 bits per heavy atom. The van der Waals surface area contributed by atoms with E-state index in [2.05, 4.69) is 0 Å². The van der Waals surface area contributed by atoms with E-state index in [4.69, 9.17) is 18.9 Å². The number of methoxy groups -OCH3 is 3. The first kappa shape index (κ1) is 27.0. The van der Waals surface area contributed by atoms with Crippen molar-refractivity contribution in [1.29, 1.82) is 0 Å². The van der Waals surface area contributed by atoms with Crippen molar-refractivity contribution in [2.75, 3.05) is 32.8 Å². The highest BCUT2D eigenvalue weighted by molar-refractivity contribution is 5.91. The quantitative estimate of drug-likeness (QED) is 0.490. The predicted octanol–water partition coefficient (Wildman–Crippen LogP) is 5.79. The molecule has 36 heavy (non-hydrogen) atoms. The van der Waals surface area contributed by atoms with Crippen LogP contribution in [-0.4, -0.2) is 51.1 Å². The number of carbonyl (C=O) groups is 2. The molecule has 0 aromatic heterocycles. The first-order valence-electron chi connectivity index (χ1n) is 11.3. The highest BCUT2D eigenvalue weighted by Gasteiger charge is 2.40. The van der Waals surface area contributed by atoms with Crippen molar-refractivity contribution < 1.29 is 41.7 Å². The van der Waals surface area contributed by atoms with Gasteiger partial charge in [0.1, 0.15) is 0 Å². The largest absolute Gasteiger partial charge is 0.493 e. The Bertz CT molecular complexity index is 1110. The van der Waals surface area contributed by atoms with Crippen LogP contribution in [0.2, 0.25) is 0 Å². The first-order chi connectivity index (χ1) is 17.0. The summed E-state index contributed by atoms with van der Waals surface area (Å²) in [6.45, 7) is 3.50. The summed E-state index contributed by atoms with van der Waals surface area (Å²) in [6, 6.07) is 6.98. The van der Waals surface area contributed by atoms with Gasteiger partial charge in [0, 0.05) is 24.2 Å². The molecule has 11 heteroatoms. The Labute approximate surface area is 207 Å². The van der Waals surface area contributed by atoms with Gasteiger partial charge < -0.3 is 18.9 Å². The Morgan fingerprint density at radius 3 is 2.33 bits per heavy atom. The third-order valence-corrected chi connectivity index (χ3v) is 6.01. The Hall–Kier alpha value is -3.63. The van der Waals surface area contributed by atoms with Gasteiger partial charge in [-0.3, -0.25) is 9.80 Å². The van der Waals surface area contributed by atoms with Gasteiger partial charge in [0.2, 0.25) is 0 Å². The van der Waals surface area contributed by atoms with Crippen molar-refractivity contribution in [2.24, 2.45) is 0 Å². The van der Waals surface area contributed by atoms with Crippen LogP contribution in [0.3, 0.4) is 0 Å². The maximum absolute atomic E-state index is 13.3. The van der Waals surface area contributed by atoms with Crippen LogP contribution >= 0.6 is 0 Å². The number of anilines is 1. The molecule has 2 atom stereocenters. The molecule has 0 N–H and O–H groups in total. The zero-order valence-corrected chi connectivity index (χ0v) is 20.7. The standard InChI is InChI=1S/C25H29F3N2O6/c1-6-36-24(32)30-15(2)10-19(18-12-21(33-3)22(34-4)13-20(18)30)29(23(31)35-5)14-16-8-7-9-17(11-16)25(26,27)28/h7-9,11-13,15,19H,6,10,14H2,1-5H3/t15-,19+/m0/s1. The van der Waals surface area contributed by atoms with Crippen LogP contribution in [0.4, 0.5) is 28.4 Å². The van der Waals surface area contributed by atoms with Crippen molar-refractivity contribution >= 4 is 17.9 Å². The first-order valence-corrected chi connectivity index (χ1v) is 11.3. The molecule has 8 nitrogen and oxygen atoms in total. The SMILES string of the molecule is CCOC(=O)N1c2cc(OC)c(OC)cc2[C@H](N(Cc2cccc(C(F)(F)F)c2)C(=O)OC)C[C@@H]1C. The molecule has 1 aliphatic rings. The van der Waals surface area contributed by atoms with E-state index in [1.165, 1.54) is 43.3 Å². The Kier molecular flexibility index (Phi) is 8.21. The van der Waals surface area contributed by atoms with Crippen molar-refractivity contribution in [3.63, 3.8) is 0 Å². The number of ether oxygens (including phenoxy) is 4. The predicted molar refractivity (Wildman–Crippen MR) is 125 cm³/mol. The van der Waals surface area contributed by atoms with Gasteiger partial charge in [-0.2, -0.15) is 13.2 Å². The molecule has 0 fully saturated rings. The summed E-state index contributed by atoms with van der Waals surface area (Å²) in [5.74, 6) is 0.726. The van der Waals surface area contributed by atoms with Crippen LogP contribution in [0.1, 0.15) is 43.0 Å². The second-order valence-corrected chi connectivity index (χ2v) is 8.23. The molecular weight excluding hydrogens is 481 g/mol. The van der Waals surface area contributed by atoms with Crippen molar-refractivity contribution in [3.8, 4) is 11.5 Å². The van der Waals surface area contributed by atoms with E-state index in [1.807, 2.05) is 0 Å². The topological polar surface area (TPSA) is 77.5 Å². The average molecular weight is 511 g/mol. The fourth-order valence-electron chi connectivity index (χ4n) is 4.38. The van der Waals surface area contributed by atoms with Gasteiger partial charge in [-0.25, -0.2) is 9.59 Å². The molecule has 0 aliphatic carbocycles. The van der Waals surface area contributed by atoms with Crippen LogP contribution in [-0.2, 0) is 22.2 Å². The number of hydrogen-bond acceptors (Lipinski definition) is 6. The summed E-state index contributed by atoms with van der Waals surface area (Å²) < 4.78 is 61.0. The fourth-order valence-corrected chi connectivity index (χ4v) is 4.38. The lowest BCUT2D eigenvalue weighted by atomic mass is 9.90. The number of carbonyl (C=O) groups excluding carboxylic acids is 2. The van der Waals surface area contributed by atoms with Gasteiger partial charge in [0.05, 0.1) is 45.2 Å². The molecule has 2 aromatic carbocycles. The van der Waals surface area contributed by atoms with Crippen LogP contribution in [0.25, 0.3) is 0 Å². The minimum atomic E-state index is -4.53. The lowest BCUT2D eigenvalue weighted by Gasteiger charge is -2.42. The number of fused-ring (bicyclic) bond motifs is 1. The molecule has 0 unspecified atom stereocenters. The Balaban J connectivity index is 2.13. The van der Waals surface area contributed by atoms with Crippen molar-refractivity contribution in [1.82, 2.24) is 4.90 Å². The summed E-state index contributed by atoms with van der Waals surface area (Å²) in [6.07, 6.45) is -5.55.